The van der Waals surface area contributed by atoms with Crippen LogP contribution in [0.15, 0.2) is 36.5 Å². The minimum absolute atomic E-state index is 0. The van der Waals surface area contributed by atoms with Crippen LogP contribution in [0, 0.1) is 18.8 Å². The number of hydrogen-bond acceptors (Lipinski definition) is 1. The van der Waals surface area contributed by atoms with Gasteiger partial charge in [-0.2, -0.15) is 0 Å². The van der Waals surface area contributed by atoms with Crippen LogP contribution in [-0.2, 0) is 25.5 Å². The van der Waals surface area contributed by atoms with Crippen molar-refractivity contribution in [2.45, 2.75) is 26.2 Å². The molecule has 3 aromatic rings. The molecule has 0 aliphatic heterocycles. The summed E-state index contributed by atoms with van der Waals surface area (Å²) in [6, 6.07) is 13.2. The van der Waals surface area contributed by atoms with Crippen LogP contribution in [0.2, 0.25) is 0 Å². The third-order valence-electron chi connectivity index (χ3n) is 4.58. The fourth-order valence-corrected chi connectivity index (χ4v) is 3.47. The molecule has 1 aromatic heterocycles. The smallest absolute Gasteiger partial charge is 0.0488 e. The van der Waals surface area contributed by atoms with Crippen LogP contribution in [0.1, 0.15) is 30.5 Å². The first-order valence-corrected chi connectivity index (χ1v) is 7.11. The van der Waals surface area contributed by atoms with Crippen molar-refractivity contribution in [2.24, 2.45) is 0 Å². The number of rotatable bonds is 0. The molecule has 1 heterocycles. The van der Waals surface area contributed by atoms with Crippen molar-refractivity contribution in [3.63, 3.8) is 0 Å². The van der Waals surface area contributed by atoms with Gasteiger partial charge in [0.05, 0.1) is 0 Å². The molecule has 0 bridgehead atoms. The predicted molar refractivity (Wildman–Crippen MR) is 82.8 cm³/mol. The molecule has 2 aromatic carbocycles. The molecule has 3 heteroatoms. The maximum atomic E-state index is 14.8. The fourth-order valence-electron chi connectivity index (χ4n) is 3.47. The topological polar surface area (TPSA) is 12.9 Å². The van der Waals surface area contributed by atoms with E-state index in [1.807, 2.05) is 12.1 Å². The number of pyridine rings is 1. The van der Waals surface area contributed by atoms with Crippen LogP contribution in [0.3, 0.4) is 0 Å². The Kier molecular flexibility index (Phi) is 3.46. The number of nitrogens with zero attached hydrogens (tertiary/aromatic N) is 1. The minimum atomic E-state index is -0.391. The summed E-state index contributed by atoms with van der Waals surface area (Å²) in [7, 11) is 0. The van der Waals surface area contributed by atoms with Crippen molar-refractivity contribution in [1.29, 1.82) is 0 Å². The van der Waals surface area contributed by atoms with Gasteiger partial charge in [-0.15, -0.1) is 17.7 Å². The Morgan fingerprint density at radius 2 is 1.95 bits per heavy atom. The van der Waals surface area contributed by atoms with Crippen molar-refractivity contribution in [1.82, 2.24) is 4.98 Å². The summed E-state index contributed by atoms with van der Waals surface area (Å²) < 4.78 is 14.8. The molecule has 0 saturated carbocycles. The van der Waals surface area contributed by atoms with E-state index in [2.05, 4.69) is 37.0 Å². The van der Waals surface area contributed by atoms with Crippen molar-refractivity contribution >= 4 is 10.8 Å². The fraction of sp³-hybridized carbons (Fsp3) is 0.211. The molecule has 113 valence electrons. The molecule has 1 radical (unpaired) electrons. The Morgan fingerprint density at radius 3 is 2.73 bits per heavy atom. The van der Waals surface area contributed by atoms with E-state index in [-0.39, 0.29) is 25.9 Å². The molecule has 0 amide bonds. The van der Waals surface area contributed by atoms with Gasteiger partial charge in [0.15, 0.2) is 0 Å². The Morgan fingerprint density at radius 1 is 1.18 bits per heavy atom. The minimum Gasteiger partial charge on any atom is -0.304 e. The van der Waals surface area contributed by atoms with Crippen LogP contribution in [0.25, 0.3) is 22.0 Å². The monoisotopic (exact) mass is 469 g/mol. The van der Waals surface area contributed by atoms with Crippen LogP contribution in [0.5, 0.6) is 0 Å². The van der Waals surface area contributed by atoms with Gasteiger partial charge in [0, 0.05) is 32.1 Å². The summed E-state index contributed by atoms with van der Waals surface area (Å²) in [5.74, 6) is -0.137. The number of aromatic nitrogens is 1. The normalized spacial score (nSPS) is 14.4. The van der Waals surface area contributed by atoms with Crippen LogP contribution in [-0.4, -0.2) is 4.98 Å². The molecule has 0 atom stereocenters. The summed E-state index contributed by atoms with van der Waals surface area (Å²) in [6.07, 6.45) is 1.79. The molecule has 0 saturated heterocycles. The van der Waals surface area contributed by atoms with Gasteiger partial charge in [-0.05, 0) is 33.5 Å². The quantitative estimate of drug-likeness (QED) is 0.433. The van der Waals surface area contributed by atoms with Gasteiger partial charge in [-0.1, -0.05) is 50.1 Å². The van der Waals surface area contributed by atoms with Crippen molar-refractivity contribution in [3.8, 4) is 11.3 Å². The number of aryl methyl sites for hydroxylation is 1. The SMILES string of the molecule is Cc1c[c-]c2c(c1F)C(C)(C)c1cccc3ccnc-2c13.[Ir]. The van der Waals surface area contributed by atoms with Crippen molar-refractivity contribution in [3.05, 3.63) is 65.1 Å². The maximum absolute atomic E-state index is 14.8. The second-order valence-corrected chi connectivity index (χ2v) is 6.22. The van der Waals surface area contributed by atoms with E-state index >= 15 is 0 Å². The molecule has 1 nitrogen and oxygen atoms in total. The summed E-state index contributed by atoms with van der Waals surface area (Å²) in [4.78, 5) is 4.52. The van der Waals surface area contributed by atoms with E-state index in [0.717, 1.165) is 27.6 Å². The summed E-state index contributed by atoms with van der Waals surface area (Å²) in [5, 5.41) is 2.27. The second-order valence-electron chi connectivity index (χ2n) is 6.22. The summed E-state index contributed by atoms with van der Waals surface area (Å²) in [6.45, 7) is 5.94. The van der Waals surface area contributed by atoms with E-state index in [1.165, 1.54) is 0 Å². The Labute approximate surface area is 142 Å². The Hall–Kier alpha value is -1.57. The van der Waals surface area contributed by atoms with Gasteiger partial charge in [-0.3, -0.25) is 0 Å². The van der Waals surface area contributed by atoms with Crippen molar-refractivity contribution < 1.29 is 24.5 Å². The first-order chi connectivity index (χ1) is 10.0. The van der Waals surface area contributed by atoms with Gasteiger partial charge in [0.2, 0.25) is 0 Å². The van der Waals surface area contributed by atoms with Gasteiger partial charge in [-0.25, -0.2) is 4.39 Å². The van der Waals surface area contributed by atoms with E-state index in [4.69, 9.17) is 0 Å². The van der Waals surface area contributed by atoms with E-state index in [0.29, 0.717) is 11.1 Å². The Balaban J connectivity index is 0.00000144. The largest absolute Gasteiger partial charge is 0.304 e. The van der Waals surface area contributed by atoms with Gasteiger partial charge < -0.3 is 4.98 Å². The zero-order chi connectivity index (χ0) is 14.8. The molecular weight excluding hydrogens is 453 g/mol. The van der Waals surface area contributed by atoms with Crippen molar-refractivity contribution in [2.75, 3.05) is 0 Å². The number of benzene rings is 2. The van der Waals surface area contributed by atoms with E-state index in [9.17, 15) is 4.39 Å². The van der Waals surface area contributed by atoms with Gasteiger partial charge in [0.25, 0.3) is 0 Å². The third-order valence-corrected chi connectivity index (χ3v) is 4.58. The second kappa shape index (κ2) is 4.97. The van der Waals surface area contributed by atoms with Crippen LogP contribution < -0.4 is 0 Å². The number of fused-ring (bicyclic) bond motifs is 2. The standard InChI is InChI=1S/C19H15FN.Ir/c1-11-7-8-13-16(17(11)20)19(2,3)14-6-4-5-12-9-10-21-18(13)15(12)14;/h4-7,9-10H,1-3H3;/q-1;. The number of hydrogen-bond donors (Lipinski definition) is 0. The van der Waals surface area contributed by atoms with Crippen LogP contribution >= 0.6 is 0 Å². The molecule has 0 fully saturated rings. The molecule has 4 rings (SSSR count). The molecular formula is C19H15FIrN-. The first kappa shape index (κ1) is 15.3. The van der Waals surface area contributed by atoms with E-state index in [1.54, 1.807) is 19.2 Å². The maximum Gasteiger partial charge on any atom is 0.0488 e. The molecule has 1 aliphatic carbocycles. The molecule has 0 spiro atoms. The average molecular weight is 469 g/mol. The zero-order valence-electron chi connectivity index (χ0n) is 12.6. The zero-order valence-corrected chi connectivity index (χ0v) is 15.0. The first-order valence-electron chi connectivity index (χ1n) is 7.11. The molecule has 22 heavy (non-hydrogen) atoms. The third kappa shape index (κ3) is 1.82. The molecule has 0 N–H and O–H groups in total. The Bertz CT molecular complexity index is 894. The molecule has 1 aliphatic rings. The van der Waals surface area contributed by atoms with Gasteiger partial charge >= 0.3 is 0 Å². The van der Waals surface area contributed by atoms with Crippen LogP contribution in [0.4, 0.5) is 4.39 Å². The summed E-state index contributed by atoms with van der Waals surface area (Å²) >= 11 is 0. The predicted octanol–water partition coefficient (Wildman–Crippen LogP) is 4.79. The summed E-state index contributed by atoms with van der Waals surface area (Å²) in [5.41, 5.74) is 3.73. The average Bonchev–Trinajstić information content (AvgIpc) is 2.47. The van der Waals surface area contributed by atoms with Gasteiger partial charge in [0.1, 0.15) is 0 Å². The molecule has 0 unspecified atom stereocenters. The number of halogens is 1. The van der Waals surface area contributed by atoms with E-state index < -0.39 is 5.41 Å².